The second-order valence-corrected chi connectivity index (χ2v) is 11.6. The van der Waals surface area contributed by atoms with Crippen LogP contribution in [-0.4, -0.2) is 47.1 Å². The quantitative estimate of drug-likeness (QED) is 0.153. The van der Waals surface area contributed by atoms with Crippen LogP contribution in [0.15, 0.2) is 79.0 Å². The summed E-state index contributed by atoms with van der Waals surface area (Å²) in [6.07, 6.45) is 8.80. The van der Waals surface area contributed by atoms with Gasteiger partial charge in [0.2, 0.25) is 0 Å². The van der Waals surface area contributed by atoms with Gasteiger partial charge in [-0.1, -0.05) is 27.2 Å². The highest BCUT2D eigenvalue weighted by molar-refractivity contribution is 6.06. The zero-order valence-electron chi connectivity index (χ0n) is 26.1. The Balaban J connectivity index is 1.13. The summed E-state index contributed by atoms with van der Waals surface area (Å²) < 4.78 is 8.35. The molecule has 1 aliphatic heterocycles. The molecular weight excluding hydrogens is 550 g/mol. The number of rotatable bonds is 12. The number of hydrogen-bond acceptors (Lipinski definition) is 4. The van der Waals surface area contributed by atoms with E-state index in [1.165, 1.54) is 24.9 Å². The second kappa shape index (κ2) is 14.9. The third-order valence-electron chi connectivity index (χ3n) is 8.54. The van der Waals surface area contributed by atoms with E-state index in [1.807, 2.05) is 48.5 Å². The van der Waals surface area contributed by atoms with E-state index in [4.69, 9.17) is 4.74 Å². The van der Waals surface area contributed by atoms with Gasteiger partial charge < -0.3 is 30.2 Å². The van der Waals surface area contributed by atoms with Gasteiger partial charge in [-0.25, -0.2) is 4.79 Å². The molecule has 1 saturated heterocycles. The normalized spacial score (nSPS) is 14.1. The molecule has 1 aliphatic rings. The highest BCUT2D eigenvalue weighted by Gasteiger charge is 2.21. The fourth-order valence-electron chi connectivity index (χ4n) is 5.82. The molecule has 8 nitrogen and oxygen atoms in total. The summed E-state index contributed by atoms with van der Waals surface area (Å²) in [7, 11) is 0. The maximum Gasteiger partial charge on any atom is 0.319 e. The van der Waals surface area contributed by atoms with Crippen LogP contribution in [-0.2, 0) is 0 Å². The van der Waals surface area contributed by atoms with Gasteiger partial charge in [-0.3, -0.25) is 4.79 Å². The Labute approximate surface area is 260 Å². The molecule has 44 heavy (non-hydrogen) atoms. The third kappa shape index (κ3) is 7.99. The van der Waals surface area contributed by atoms with E-state index in [0.29, 0.717) is 34.5 Å². The number of carbonyl (C=O) groups is 2. The molecule has 0 unspecified atom stereocenters. The first-order valence-electron chi connectivity index (χ1n) is 16.1. The number of nitrogens with zero attached hydrogens (tertiary/aromatic N) is 2. The molecular formula is C36H45N5O3. The minimum absolute atomic E-state index is 0.145. The van der Waals surface area contributed by atoms with Crippen LogP contribution in [0.25, 0.3) is 10.9 Å². The smallest absolute Gasteiger partial charge is 0.319 e. The summed E-state index contributed by atoms with van der Waals surface area (Å²) in [6.45, 7) is 9.86. The van der Waals surface area contributed by atoms with Crippen LogP contribution in [0.2, 0.25) is 0 Å². The van der Waals surface area contributed by atoms with Gasteiger partial charge in [-0.15, -0.1) is 0 Å². The Morgan fingerprint density at radius 2 is 1.48 bits per heavy atom. The first-order chi connectivity index (χ1) is 21.4. The lowest BCUT2D eigenvalue weighted by Crippen LogP contribution is -2.37. The van der Waals surface area contributed by atoms with Crippen molar-refractivity contribution in [3.63, 3.8) is 0 Å². The number of nitrogens with one attached hydrogen (secondary N) is 3. The van der Waals surface area contributed by atoms with Crippen molar-refractivity contribution < 1.29 is 14.3 Å². The molecule has 5 rings (SSSR count). The number of hydrogen-bond donors (Lipinski definition) is 3. The van der Waals surface area contributed by atoms with Crippen LogP contribution < -0.4 is 20.7 Å². The molecule has 0 saturated carbocycles. The minimum Gasteiger partial charge on any atom is -0.457 e. The fourth-order valence-corrected chi connectivity index (χ4v) is 5.82. The fraction of sp³-hybridized carbons (Fsp3) is 0.389. The van der Waals surface area contributed by atoms with Gasteiger partial charge in [-0.2, -0.15) is 0 Å². The van der Waals surface area contributed by atoms with Crippen molar-refractivity contribution in [2.24, 2.45) is 0 Å². The molecule has 0 aliphatic carbocycles. The molecule has 4 aromatic rings. The lowest BCUT2D eigenvalue weighted by Gasteiger charge is -2.33. The van der Waals surface area contributed by atoms with Gasteiger partial charge >= 0.3 is 6.03 Å². The summed E-state index contributed by atoms with van der Waals surface area (Å²) in [6, 6.07) is 23.1. The maximum absolute atomic E-state index is 13.1. The average molecular weight is 596 g/mol. The molecule has 3 N–H and O–H groups in total. The van der Waals surface area contributed by atoms with Gasteiger partial charge in [0.25, 0.3) is 5.91 Å². The largest absolute Gasteiger partial charge is 0.457 e. The van der Waals surface area contributed by atoms with E-state index < -0.39 is 0 Å². The Bertz CT molecular complexity index is 1520. The highest BCUT2D eigenvalue weighted by atomic mass is 16.5. The van der Waals surface area contributed by atoms with Gasteiger partial charge in [0, 0.05) is 59.2 Å². The summed E-state index contributed by atoms with van der Waals surface area (Å²) >= 11 is 0. The van der Waals surface area contributed by atoms with E-state index in [2.05, 4.69) is 64.5 Å². The summed E-state index contributed by atoms with van der Waals surface area (Å²) in [5.74, 6) is 1.15. The van der Waals surface area contributed by atoms with Gasteiger partial charge in [0.1, 0.15) is 11.5 Å². The molecule has 0 bridgehead atoms. The van der Waals surface area contributed by atoms with Crippen molar-refractivity contribution in [2.75, 3.05) is 30.3 Å². The summed E-state index contributed by atoms with van der Waals surface area (Å²) in [4.78, 5) is 27.8. The molecule has 8 heteroatoms. The molecule has 232 valence electrons. The number of anilines is 2. The first kappa shape index (κ1) is 31.1. The van der Waals surface area contributed by atoms with Gasteiger partial charge in [0.15, 0.2) is 0 Å². The van der Waals surface area contributed by atoms with Crippen LogP contribution in [0.3, 0.4) is 0 Å². The SMILES string of the molecule is CCCCN1CCC(n2ccc3cc(C(=O)Nc4ccc(Oc5ccc(NC(=O)NC(CC)CC)cc5)cc4)ccc32)CC1. The number of ether oxygens (including phenoxy) is 1. The minimum atomic E-state index is -0.211. The molecule has 1 fully saturated rings. The number of piperidine rings is 1. The molecule has 2 heterocycles. The molecule has 0 spiro atoms. The number of carbonyl (C=O) groups excluding carboxylic acids is 2. The summed E-state index contributed by atoms with van der Waals surface area (Å²) in [5.41, 5.74) is 3.20. The van der Waals surface area contributed by atoms with Crippen molar-refractivity contribution in [2.45, 2.75) is 71.4 Å². The van der Waals surface area contributed by atoms with Crippen LogP contribution in [0, 0.1) is 0 Å². The number of amides is 3. The third-order valence-corrected chi connectivity index (χ3v) is 8.54. The van der Waals surface area contributed by atoms with Crippen molar-refractivity contribution in [3.8, 4) is 11.5 Å². The van der Waals surface area contributed by atoms with Crippen LogP contribution in [0.1, 0.15) is 75.7 Å². The second-order valence-electron chi connectivity index (χ2n) is 11.6. The number of urea groups is 1. The Kier molecular flexibility index (Phi) is 10.6. The molecule has 0 radical (unpaired) electrons. The maximum atomic E-state index is 13.1. The van der Waals surface area contributed by atoms with Crippen molar-refractivity contribution in [1.82, 2.24) is 14.8 Å². The average Bonchev–Trinajstić information content (AvgIpc) is 3.48. The van der Waals surface area contributed by atoms with Crippen molar-refractivity contribution in [1.29, 1.82) is 0 Å². The lowest BCUT2D eigenvalue weighted by atomic mass is 10.0. The number of aromatic nitrogens is 1. The number of likely N-dealkylation sites (tertiary alicyclic amines) is 1. The highest BCUT2D eigenvalue weighted by Crippen LogP contribution is 2.29. The molecule has 3 amide bonds. The number of benzene rings is 3. The van der Waals surface area contributed by atoms with Crippen LogP contribution in [0.4, 0.5) is 16.2 Å². The Morgan fingerprint density at radius 3 is 2.09 bits per heavy atom. The van der Waals surface area contributed by atoms with E-state index in [1.54, 1.807) is 12.1 Å². The monoisotopic (exact) mass is 595 g/mol. The zero-order chi connectivity index (χ0) is 30.9. The van der Waals surface area contributed by atoms with Crippen LogP contribution in [0.5, 0.6) is 11.5 Å². The number of fused-ring (bicyclic) bond motifs is 1. The van der Waals surface area contributed by atoms with Crippen molar-refractivity contribution in [3.05, 3.63) is 84.6 Å². The van der Waals surface area contributed by atoms with E-state index in [0.717, 1.165) is 44.2 Å². The lowest BCUT2D eigenvalue weighted by molar-refractivity contribution is 0.102. The van der Waals surface area contributed by atoms with Crippen molar-refractivity contribution >= 4 is 34.2 Å². The zero-order valence-corrected chi connectivity index (χ0v) is 26.1. The Hall–Kier alpha value is -4.30. The number of unbranched alkanes of at least 4 members (excludes halogenated alkanes) is 1. The van der Waals surface area contributed by atoms with E-state index >= 15 is 0 Å². The van der Waals surface area contributed by atoms with Crippen LogP contribution >= 0.6 is 0 Å². The topological polar surface area (TPSA) is 87.6 Å². The standard InChI is InChI=1S/C36H45N5O3/c1-4-7-21-40-22-19-31(20-23-40)41-24-18-26-25-27(8-17-34(26)41)35(42)37-29-9-13-32(14-10-29)44-33-15-11-30(12-16-33)39-36(43)38-28(5-2)6-3/h8-18,24-25,28,31H,4-7,19-23H2,1-3H3,(H,37,42)(H2,38,39,43). The molecule has 1 aromatic heterocycles. The first-order valence-corrected chi connectivity index (χ1v) is 16.1. The molecule has 0 atom stereocenters. The predicted molar refractivity (Wildman–Crippen MR) is 179 cm³/mol. The van der Waals surface area contributed by atoms with E-state index in [9.17, 15) is 9.59 Å². The van der Waals surface area contributed by atoms with Gasteiger partial charge in [0.05, 0.1) is 0 Å². The van der Waals surface area contributed by atoms with E-state index in [-0.39, 0.29) is 18.0 Å². The van der Waals surface area contributed by atoms with Gasteiger partial charge in [-0.05, 0) is 111 Å². The predicted octanol–water partition coefficient (Wildman–Crippen LogP) is 8.43. The molecule has 3 aromatic carbocycles. The summed E-state index contributed by atoms with van der Waals surface area (Å²) in [5, 5.41) is 9.90. The Morgan fingerprint density at radius 1 is 0.841 bits per heavy atom.